The van der Waals surface area contributed by atoms with Crippen molar-refractivity contribution in [3.8, 4) is 0 Å². The molecule has 0 bridgehead atoms. The van der Waals surface area contributed by atoms with Crippen molar-refractivity contribution in [1.29, 1.82) is 0 Å². The number of Topliss-reactive ketones (excluding diaryl/α,β-unsaturated/α-hetero) is 1. The number of carbonyl (C=O) groups excluding carboxylic acids is 1. The van der Waals surface area contributed by atoms with Gasteiger partial charge in [0.25, 0.3) is 0 Å². The standard InChI is InChI=1S/C13H24O2/c1-3-7-11(2)15-10-13(14)12-8-5-4-6-9-12/h11-12H,3-10H2,1-2H3. The second-order valence-electron chi connectivity index (χ2n) is 4.71. The molecule has 15 heavy (non-hydrogen) atoms. The number of ether oxygens (including phenoxy) is 1. The highest BCUT2D eigenvalue weighted by Crippen LogP contribution is 2.24. The first-order valence-corrected chi connectivity index (χ1v) is 6.38. The Balaban J connectivity index is 2.16. The van der Waals surface area contributed by atoms with Crippen LogP contribution in [0.4, 0.5) is 0 Å². The quantitative estimate of drug-likeness (QED) is 0.675. The zero-order valence-electron chi connectivity index (χ0n) is 10.1. The molecule has 0 aromatic carbocycles. The average molecular weight is 212 g/mol. The summed E-state index contributed by atoms with van der Waals surface area (Å²) in [5, 5.41) is 0. The van der Waals surface area contributed by atoms with Crippen LogP contribution in [-0.4, -0.2) is 18.5 Å². The van der Waals surface area contributed by atoms with Crippen LogP contribution in [0.25, 0.3) is 0 Å². The first-order valence-electron chi connectivity index (χ1n) is 6.38. The van der Waals surface area contributed by atoms with E-state index in [1.165, 1.54) is 19.3 Å². The third-order valence-electron chi connectivity index (χ3n) is 3.27. The Labute approximate surface area is 93.4 Å². The van der Waals surface area contributed by atoms with E-state index in [2.05, 4.69) is 13.8 Å². The molecular formula is C13H24O2. The molecule has 0 spiro atoms. The number of rotatable bonds is 6. The summed E-state index contributed by atoms with van der Waals surface area (Å²) in [6.45, 7) is 4.53. The van der Waals surface area contributed by atoms with Gasteiger partial charge in [-0.2, -0.15) is 0 Å². The molecule has 0 radical (unpaired) electrons. The predicted octanol–water partition coefficient (Wildman–Crippen LogP) is 3.34. The summed E-state index contributed by atoms with van der Waals surface area (Å²) in [4.78, 5) is 11.8. The lowest BCUT2D eigenvalue weighted by atomic mass is 9.86. The molecule has 0 aromatic heterocycles. The van der Waals surface area contributed by atoms with E-state index in [4.69, 9.17) is 4.74 Å². The molecule has 2 heteroatoms. The lowest BCUT2D eigenvalue weighted by molar-refractivity contribution is -0.130. The monoisotopic (exact) mass is 212 g/mol. The summed E-state index contributed by atoms with van der Waals surface area (Å²) in [5.41, 5.74) is 0. The fourth-order valence-corrected chi connectivity index (χ4v) is 2.26. The van der Waals surface area contributed by atoms with Gasteiger partial charge in [0.2, 0.25) is 0 Å². The van der Waals surface area contributed by atoms with Crippen molar-refractivity contribution in [2.75, 3.05) is 6.61 Å². The molecule has 1 atom stereocenters. The van der Waals surface area contributed by atoms with Crippen molar-refractivity contribution in [2.45, 2.75) is 64.9 Å². The van der Waals surface area contributed by atoms with Crippen LogP contribution in [-0.2, 0) is 9.53 Å². The van der Waals surface area contributed by atoms with Crippen LogP contribution in [0, 0.1) is 5.92 Å². The van der Waals surface area contributed by atoms with Crippen molar-refractivity contribution in [3.63, 3.8) is 0 Å². The van der Waals surface area contributed by atoms with E-state index in [1.807, 2.05) is 0 Å². The van der Waals surface area contributed by atoms with Gasteiger partial charge >= 0.3 is 0 Å². The van der Waals surface area contributed by atoms with Crippen molar-refractivity contribution in [1.82, 2.24) is 0 Å². The van der Waals surface area contributed by atoms with Crippen molar-refractivity contribution in [3.05, 3.63) is 0 Å². The molecule has 1 saturated carbocycles. The fraction of sp³-hybridized carbons (Fsp3) is 0.923. The lowest BCUT2D eigenvalue weighted by Crippen LogP contribution is -2.24. The molecule has 2 nitrogen and oxygen atoms in total. The van der Waals surface area contributed by atoms with Crippen LogP contribution in [0.5, 0.6) is 0 Å². The lowest BCUT2D eigenvalue weighted by Gasteiger charge is -2.21. The van der Waals surface area contributed by atoms with Gasteiger partial charge in [-0.25, -0.2) is 0 Å². The summed E-state index contributed by atoms with van der Waals surface area (Å²) in [7, 11) is 0. The first-order chi connectivity index (χ1) is 7.24. The molecule has 1 aliphatic rings. The summed E-state index contributed by atoms with van der Waals surface area (Å²) in [5.74, 6) is 0.630. The third kappa shape index (κ3) is 4.78. The predicted molar refractivity (Wildman–Crippen MR) is 61.9 cm³/mol. The van der Waals surface area contributed by atoms with Gasteiger partial charge in [-0.3, -0.25) is 4.79 Å². The molecule has 0 aliphatic heterocycles. The van der Waals surface area contributed by atoms with Gasteiger partial charge in [0.15, 0.2) is 5.78 Å². The number of hydrogen-bond acceptors (Lipinski definition) is 2. The zero-order valence-corrected chi connectivity index (χ0v) is 10.1. The average Bonchev–Trinajstić information content (AvgIpc) is 2.27. The van der Waals surface area contributed by atoms with E-state index >= 15 is 0 Å². The smallest absolute Gasteiger partial charge is 0.161 e. The molecule has 1 unspecified atom stereocenters. The van der Waals surface area contributed by atoms with Gasteiger partial charge in [0, 0.05) is 5.92 Å². The maximum atomic E-state index is 11.8. The van der Waals surface area contributed by atoms with Crippen LogP contribution in [0.1, 0.15) is 58.8 Å². The fourth-order valence-electron chi connectivity index (χ4n) is 2.26. The molecule has 0 aromatic rings. The van der Waals surface area contributed by atoms with E-state index in [0.29, 0.717) is 18.3 Å². The highest BCUT2D eigenvalue weighted by Gasteiger charge is 2.21. The zero-order chi connectivity index (χ0) is 11.1. The maximum absolute atomic E-state index is 11.8. The van der Waals surface area contributed by atoms with Crippen LogP contribution in [0.15, 0.2) is 0 Å². The van der Waals surface area contributed by atoms with Crippen LogP contribution < -0.4 is 0 Å². The molecule has 1 rings (SSSR count). The minimum atomic E-state index is 0.238. The highest BCUT2D eigenvalue weighted by molar-refractivity contribution is 5.82. The van der Waals surface area contributed by atoms with Gasteiger partial charge in [0.1, 0.15) is 6.61 Å². The minimum absolute atomic E-state index is 0.238. The van der Waals surface area contributed by atoms with Crippen LogP contribution in [0.3, 0.4) is 0 Å². The van der Waals surface area contributed by atoms with Gasteiger partial charge in [-0.1, -0.05) is 32.6 Å². The largest absolute Gasteiger partial charge is 0.371 e. The van der Waals surface area contributed by atoms with Crippen molar-refractivity contribution >= 4 is 5.78 Å². The second-order valence-corrected chi connectivity index (χ2v) is 4.71. The topological polar surface area (TPSA) is 26.3 Å². The van der Waals surface area contributed by atoms with Gasteiger partial charge in [-0.15, -0.1) is 0 Å². The Bertz CT molecular complexity index is 183. The summed E-state index contributed by atoms with van der Waals surface area (Å²) < 4.78 is 5.55. The van der Waals surface area contributed by atoms with Crippen LogP contribution >= 0.6 is 0 Å². The molecule has 1 fully saturated rings. The van der Waals surface area contributed by atoms with Crippen molar-refractivity contribution < 1.29 is 9.53 Å². The molecule has 0 N–H and O–H groups in total. The molecule has 0 saturated heterocycles. The van der Waals surface area contributed by atoms with E-state index in [9.17, 15) is 4.79 Å². The molecule has 88 valence electrons. The van der Waals surface area contributed by atoms with Crippen molar-refractivity contribution in [2.24, 2.45) is 5.92 Å². The number of ketones is 1. The van der Waals surface area contributed by atoms with E-state index in [-0.39, 0.29) is 6.10 Å². The SMILES string of the molecule is CCCC(C)OCC(=O)C1CCCCC1. The first kappa shape index (κ1) is 12.7. The Morgan fingerprint density at radius 1 is 1.33 bits per heavy atom. The third-order valence-corrected chi connectivity index (χ3v) is 3.27. The Hall–Kier alpha value is -0.370. The Kier molecular flexibility index (Phi) is 5.92. The Morgan fingerprint density at radius 3 is 2.60 bits per heavy atom. The normalized spacial score (nSPS) is 20.1. The van der Waals surface area contributed by atoms with Gasteiger partial charge in [0.05, 0.1) is 6.10 Å². The number of hydrogen-bond donors (Lipinski definition) is 0. The molecule has 0 amide bonds. The maximum Gasteiger partial charge on any atom is 0.161 e. The van der Waals surface area contributed by atoms with Crippen LogP contribution in [0.2, 0.25) is 0 Å². The van der Waals surface area contributed by atoms with E-state index in [1.54, 1.807) is 0 Å². The van der Waals surface area contributed by atoms with E-state index < -0.39 is 0 Å². The van der Waals surface area contributed by atoms with Gasteiger partial charge in [-0.05, 0) is 26.2 Å². The highest BCUT2D eigenvalue weighted by atomic mass is 16.5. The number of carbonyl (C=O) groups is 1. The second kappa shape index (κ2) is 7.00. The molecule has 0 heterocycles. The summed E-state index contributed by atoms with van der Waals surface area (Å²) in [6, 6.07) is 0. The minimum Gasteiger partial charge on any atom is -0.371 e. The summed E-state index contributed by atoms with van der Waals surface area (Å²) in [6.07, 6.45) is 8.34. The summed E-state index contributed by atoms with van der Waals surface area (Å²) >= 11 is 0. The molecular weight excluding hydrogens is 188 g/mol. The van der Waals surface area contributed by atoms with E-state index in [0.717, 1.165) is 25.7 Å². The van der Waals surface area contributed by atoms with Gasteiger partial charge < -0.3 is 4.74 Å². The molecule has 1 aliphatic carbocycles. The Morgan fingerprint density at radius 2 is 2.00 bits per heavy atom.